The van der Waals surface area contributed by atoms with E-state index in [0.717, 1.165) is 18.2 Å². The molecule has 100 valence electrons. The maximum Gasteiger partial charge on any atom is 0.435 e. The Labute approximate surface area is 113 Å². The molecule has 19 heavy (non-hydrogen) atoms. The summed E-state index contributed by atoms with van der Waals surface area (Å²) in [6.45, 7) is 0. The van der Waals surface area contributed by atoms with Gasteiger partial charge >= 0.3 is 6.18 Å². The number of benzene rings is 1. The summed E-state index contributed by atoms with van der Waals surface area (Å²) < 4.78 is 55.0. The standard InChI is InChI=1S/C11H5BrF4N2O/c12-7-5-6(1-2-8(7)13)19-10-4-3-9(17-18-10)11(14,15)16/h1-5H. The molecule has 0 saturated heterocycles. The molecule has 0 N–H and O–H groups in total. The van der Waals surface area contributed by atoms with Crippen LogP contribution in [0.5, 0.6) is 11.6 Å². The van der Waals surface area contributed by atoms with Crippen molar-refractivity contribution >= 4 is 15.9 Å². The first-order valence-corrected chi connectivity index (χ1v) is 5.69. The molecule has 1 aromatic carbocycles. The van der Waals surface area contributed by atoms with Crippen molar-refractivity contribution in [1.82, 2.24) is 10.2 Å². The molecule has 1 heterocycles. The van der Waals surface area contributed by atoms with Gasteiger partial charge in [0, 0.05) is 6.07 Å². The van der Waals surface area contributed by atoms with Crippen LogP contribution in [0.1, 0.15) is 5.69 Å². The highest BCUT2D eigenvalue weighted by Gasteiger charge is 2.32. The molecule has 2 rings (SSSR count). The average Bonchev–Trinajstić information content (AvgIpc) is 2.33. The lowest BCUT2D eigenvalue weighted by atomic mass is 10.3. The smallest absolute Gasteiger partial charge is 0.435 e. The SMILES string of the molecule is Fc1ccc(Oc2ccc(C(F)(F)F)nn2)cc1Br. The van der Waals surface area contributed by atoms with Crippen molar-refractivity contribution in [1.29, 1.82) is 0 Å². The maximum absolute atomic E-state index is 13.0. The normalized spacial score (nSPS) is 11.4. The second-order valence-electron chi connectivity index (χ2n) is 3.43. The lowest BCUT2D eigenvalue weighted by molar-refractivity contribution is -0.141. The van der Waals surface area contributed by atoms with Crippen LogP contribution >= 0.6 is 15.9 Å². The maximum atomic E-state index is 13.0. The van der Waals surface area contributed by atoms with Gasteiger partial charge in [0.2, 0.25) is 5.88 Å². The van der Waals surface area contributed by atoms with Crippen molar-refractivity contribution in [3.63, 3.8) is 0 Å². The highest BCUT2D eigenvalue weighted by molar-refractivity contribution is 9.10. The predicted octanol–water partition coefficient (Wildman–Crippen LogP) is 4.19. The Morgan fingerprint density at radius 3 is 2.32 bits per heavy atom. The fourth-order valence-corrected chi connectivity index (χ4v) is 1.54. The van der Waals surface area contributed by atoms with E-state index in [1.807, 2.05) is 0 Å². The van der Waals surface area contributed by atoms with E-state index in [0.29, 0.717) is 0 Å². The van der Waals surface area contributed by atoms with E-state index in [-0.39, 0.29) is 16.1 Å². The third-order valence-corrected chi connectivity index (χ3v) is 2.65. The van der Waals surface area contributed by atoms with Gasteiger partial charge in [0.05, 0.1) is 4.47 Å². The second-order valence-corrected chi connectivity index (χ2v) is 4.29. The average molecular weight is 337 g/mol. The second kappa shape index (κ2) is 5.12. The van der Waals surface area contributed by atoms with Crippen LogP contribution in [0.4, 0.5) is 17.6 Å². The first kappa shape index (κ1) is 13.7. The predicted molar refractivity (Wildman–Crippen MR) is 61.2 cm³/mol. The van der Waals surface area contributed by atoms with Gasteiger partial charge in [-0.2, -0.15) is 13.2 Å². The number of hydrogen-bond donors (Lipinski definition) is 0. The molecule has 3 nitrogen and oxygen atoms in total. The molecule has 1 aromatic heterocycles. The molecule has 0 aliphatic heterocycles. The van der Waals surface area contributed by atoms with Crippen molar-refractivity contribution in [2.24, 2.45) is 0 Å². The summed E-state index contributed by atoms with van der Waals surface area (Å²) in [6.07, 6.45) is -4.55. The molecule has 0 aliphatic carbocycles. The molecule has 8 heteroatoms. The first-order chi connectivity index (χ1) is 8.86. The van der Waals surface area contributed by atoms with E-state index in [1.165, 1.54) is 12.1 Å². The van der Waals surface area contributed by atoms with Gasteiger partial charge in [0.1, 0.15) is 11.6 Å². The Hall–Kier alpha value is -1.70. The van der Waals surface area contributed by atoms with Crippen LogP contribution < -0.4 is 4.74 Å². The minimum atomic E-state index is -4.55. The Kier molecular flexibility index (Phi) is 3.70. The summed E-state index contributed by atoms with van der Waals surface area (Å²) in [4.78, 5) is 0. The van der Waals surface area contributed by atoms with Gasteiger partial charge in [-0.1, -0.05) is 0 Å². The van der Waals surface area contributed by atoms with E-state index in [9.17, 15) is 17.6 Å². The number of nitrogens with zero attached hydrogens (tertiary/aromatic N) is 2. The summed E-state index contributed by atoms with van der Waals surface area (Å²) in [5.74, 6) is -0.375. The minimum absolute atomic E-state index is 0.119. The van der Waals surface area contributed by atoms with E-state index in [1.54, 1.807) is 0 Å². The van der Waals surface area contributed by atoms with Gasteiger partial charge in [-0.15, -0.1) is 10.2 Å². The third-order valence-electron chi connectivity index (χ3n) is 2.04. The summed E-state index contributed by atoms with van der Waals surface area (Å²) >= 11 is 2.96. The van der Waals surface area contributed by atoms with Gasteiger partial charge in [-0.3, -0.25) is 0 Å². The molecule has 0 spiro atoms. The highest BCUT2D eigenvalue weighted by Crippen LogP contribution is 2.29. The lowest BCUT2D eigenvalue weighted by Crippen LogP contribution is -2.08. The van der Waals surface area contributed by atoms with Gasteiger partial charge in [-0.25, -0.2) is 4.39 Å². The molecule has 0 bridgehead atoms. The highest BCUT2D eigenvalue weighted by atomic mass is 79.9. The Balaban J connectivity index is 2.17. The number of halogens is 5. The van der Waals surface area contributed by atoms with Gasteiger partial charge < -0.3 is 4.74 Å². The van der Waals surface area contributed by atoms with Crippen LogP contribution in [0, 0.1) is 5.82 Å². The van der Waals surface area contributed by atoms with Crippen LogP contribution in [-0.4, -0.2) is 10.2 Å². The number of rotatable bonds is 2. The minimum Gasteiger partial charge on any atom is -0.437 e. The van der Waals surface area contributed by atoms with Gasteiger partial charge in [0.25, 0.3) is 0 Å². The molecule has 2 aromatic rings. The third kappa shape index (κ3) is 3.40. The van der Waals surface area contributed by atoms with Crippen molar-refractivity contribution in [3.8, 4) is 11.6 Å². The quantitative estimate of drug-likeness (QED) is 0.771. The molecule has 0 saturated carbocycles. The number of aromatic nitrogens is 2. The molecular weight excluding hydrogens is 332 g/mol. The monoisotopic (exact) mass is 336 g/mol. The van der Waals surface area contributed by atoms with Gasteiger partial charge in [0.15, 0.2) is 5.69 Å². The van der Waals surface area contributed by atoms with Gasteiger partial charge in [-0.05, 0) is 40.2 Å². The largest absolute Gasteiger partial charge is 0.437 e. The van der Waals surface area contributed by atoms with Crippen molar-refractivity contribution in [3.05, 3.63) is 46.3 Å². The Morgan fingerprint density at radius 1 is 1.05 bits per heavy atom. The molecular formula is C11H5BrF4N2O. The van der Waals surface area contributed by atoms with Crippen LogP contribution in [0.25, 0.3) is 0 Å². The molecule has 0 aliphatic rings. The molecule has 0 radical (unpaired) electrons. The molecule has 0 atom stereocenters. The number of ether oxygens (including phenoxy) is 1. The Bertz CT molecular complexity index is 586. The Morgan fingerprint density at radius 2 is 1.79 bits per heavy atom. The van der Waals surface area contributed by atoms with Crippen LogP contribution in [0.15, 0.2) is 34.8 Å². The van der Waals surface area contributed by atoms with E-state index < -0.39 is 17.7 Å². The zero-order valence-electron chi connectivity index (χ0n) is 9.08. The summed E-state index contributed by atoms with van der Waals surface area (Å²) in [6, 6.07) is 5.58. The zero-order valence-corrected chi connectivity index (χ0v) is 10.7. The fourth-order valence-electron chi connectivity index (χ4n) is 1.19. The van der Waals surface area contributed by atoms with E-state index in [4.69, 9.17) is 4.74 Å². The van der Waals surface area contributed by atoms with Crippen LogP contribution in [-0.2, 0) is 6.18 Å². The van der Waals surface area contributed by atoms with Crippen LogP contribution in [0.3, 0.4) is 0 Å². The summed E-state index contributed by atoms with van der Waals surface area (Å²) in [7, 11) is 0. The zero-order chi connectivity index (χ0) is 14.0. The topological polar surface area (TPSA) is 35.0 Å². The van der Waals surface area contributed by atoms with Crippen LogP contribution in [0.2, 0.25) is 0 Å². The number of alkyl halides is 3. The van der Waals surface area contributed by atoms with E-state index >= 15 is 0 Å². The summed E-state index contributed by atoms with van der Waals surface area (Å²) in [5, 5.41) is 6.29. The fraction of sp³-hybridized carbons (Fsp3) is 0.0909. The molecule has 0 fully saturated rings. The number of hydrogen-bond acceptors (Lipinski definition) is 3. The van der Waals surface area contributed by atoms with Crippen molar-refractivity contribution in [2.75, 3.05) is 0 Å². The lowest BCUT2D eigenvalue weighted by Gasteiger charge is -2.07. The molecule has 0 unspecified atom stereocenters. The van der Waals surface area contributed by atoms with Crippen molar-refractivity contribution in [2.45, 2.75) is 6.18 Å². The van der Waals surface area contributed by atoms with E-state index in [2.05, 4.69) is 26.1 Å². The molecule has 0 amide bonds. The van der Waals surface area contributed by atoms with Crippen molar-refractivity contribution < 1.29 is 22.3 Å². The first-order valence-electron chi connectivity index (χ1n) is 4.90. The summed E-state index contributed by atoms with van der Waals surface area (Å²) in [5.41, 5.74) is -1.11.